The van der Waals surface area contributed by atoms with Gasteiger partial charge in [0.1, 0.15) is 0 Å². The number of unbranched alkanes of at least 4 members (excludes halogenated alkanes) is 1. The highest BCUT2D eigenvalue weighted by molar-refractivity contribution is 5.97. The van der Waals surface area contributed by atoms with Crippen LogP contribution in [0.15, 0.2) is 18.2 Å². The van der Waals surface area contributed by atoms with E-state index < -0.39 is 0 Å². The number of fused-ring (bicyclic) bond motifs is 1. The maximum absolute atomic E-state index is 12.6. The van der Waals surface area contributed by atoms with Crippen molar-refractivity contribution in [2.24, 2.45) is 11.7 Å². The molecule has 0 fully saturated rings. The van der Waals surface area contributed by atoms with Gasteiger partial charge < -0.3 is 10.6 Å². The number of rotatable bonds is 7. The number of nitrogens with zero attached hydrogens (tertiary/aromatic N) is 1. The molecule has 1 aromatic rings. The molecule has 3 heteroatoms. The molecule has 0 bridgehead atoms. The van der Waals surface area contributed by atoms with Crippen molar-refractivity contribution in [1.82, 2.24) is 0 Å². The van der Waals surface area contributed by atoms with E-state index in [1.54, 1.807) is 0 Å². The van der Waals surface area contributed by atoms with E-state index in [4.69, 9.17) is 5.73 Å². The third-order valence-electron chi connectivity index (χ3n) is 4.56. The van der Waals surface area contributed by atoms with Gasteiger partial charge in [-0.05, 0) is 62.3 Å². The molecular formula is C18H28N2O. The molecule has 0 saturated carbocycles. The Hall–Kier alpha value is -1.35. The summed E-state index contributed by atoms with van der Waals surface area (Å²) in [5.41, 5.74) is 9.39. The second-order valence-electron chi connectivity index (χ2n) is 5.96. The molecule has 116 valence electrons. The van der Waals surface area contributed by atoms with E-state index in [1.165, 1.54) is 11.1 Å². The molecule has 0 unspecified atom stereocenters. The van der Waals surface area contributed by atoms with Gasteiger partial charge in [0.2, 0.25) is 5.91 Å². The standard InChI is InChI=1S/C18H28N2O/c1-3-15(4-2)18(21)20-12-10-16-13-14(7-5-6-11-19)8-9-17(16)20/h8-9,13,15H,3-7,10-12,19H2,1-2H3. The number of carbonyl (C=O) groups is 1. The van der Waals surface area contributed by atoms with Gasteiger partial charge in [0.25, 0.3) is 0 Å². The van der Waals surface area contributed by atoms with E-state index in [1.807, 2.05) is 4.90 Å². The van der Waals surface area contributed by atoms with Gasteiger partial charge in [0.15, 0.2) is 0 Å². The summed E-state index contributed by atoms with van der Waals surface area (Å²) in [5.74, 6) is 0.467. The molecule has 0 radical (unpaired) electrons. The maximum atomic E-state index is 12.6. The second-order valence-corrected chi connectivity index (χ2v) is 5.96. The monoisotopic (exact) mass is 288 g/mol. The van der Waals surface area contributed by atoms with E-state index in [-0.39, 0.29) is 5.92 Å². The van der Waals surface area contributed by atoms with Crippen molar-refractivity contribution in [2.45, 2.75) is 52.4 Å². The van der Waals surface area contributed by atoms with Gasteiger partial charge in [-0.25, -0.2) is 0 Å². The van der Waals surface area contributed by atoms with Crippen LogP contribution in [0.3, 0.4) is 0 Å². The third-order valence-corrected chi connectivity index (χ3v) is 4.56. The molecule has 1 amide bonds. The molecule has 2 N–H and O–H groups in total. The van der Waals surface area contributed by atoms with Gasteiger partial charge in [0.05, 0.1) is 0 Å². The van der Waals surface area contributed by atoms with Gasteiger partial charge in [-0.1, -0.05) is 26.0 Å². The predicted molar refractivity (Wildman–Crippen MR) is 88.6 cm³/mol. The number of hydrogen-bond donors (Lipinski definition) is 1. The van der Waals surface area contributed by atoms with Crippen LogP contribution in [0.5, 0.6) is 0 Å². The number of benzene rings is 1. The fourth-order valence-corrected chi connectivity index (χ4v) is 3.17. The van der Waals surface area contributed by atoms with E-state index in [2.05, 4.69) is 32.0 Å². The predicted octanol–water partition coefficient (Wildman–Crippen LogP) is 3.29. The van der Waals surface area contributed by atoms with Gasteiger partial charge in [-0.15, -0.1) is 0 Å². The van der Waals surface area contributed by atoms with Crippen LogP contribution in [-0.4, -0.2) is 19.0 Å². The molecule has 3 nitrogen and oxygen atoms in total. The van der Waals surface area contributed by atoms with Crippen LogP contribution in [0, 0.1) is 5.92 Å². The van der Waals surface area contributed by atoms with Crippen LogP contribution in [0.4, 0.5) is 5.69 Å². The van der Waals surface area contributed by atoms with Crippen LogP contribution < -0.4 is 10.6 Å². The molecule has 0 atom stereocenters. The molecule has 1 aromatic carbocycles. The largest absolute Gasteiger partial charge is 0.330 e. The Morgan fingerprint density at radius 1 is 1.29 bits per heavy atom. The van der Waals surface area contributed by atoms with Crippen LogP contribution >= 0.6 is 0 Å². The lowest BCUT2D eigenvalue weighted by atomic mass is 10.0. The minimum absolute atomic E-state index is 0.167. The first-order valence-electron chi connectivity index (χ1n) is 8.34. The highest BCUT2D eigenvalue weighted by Crippen LogP contribution is 2.31. The van der Waals surface area contributed by atoms with Crippen molar-refractivity contribution in [3.63, 3.8) is 0 Å². The normalized spacial score (nSPS) is 13.8. The summed E-state index contributed by atoms with van der Waals surface area (Å²) < 4.78 is 0. The molecule has 21 heavy (non-hydrogen) atoms. The molecule has 0 aliphatic carbocycles. The topological polar surface area (TPSA) is 46.3 Å². The van der Waals surface area contributed by atoms with Gasteiger partial charge in [-0.3, -0.25) is 4.79 Å². The molecule has 0 spiro atoms. The summed E-state index contributed by atoms with van der Waals surface area (Å²) in [6.45, 7) is 5.81. The van der Waals surface area contributed by atoms with Crippen molar-refractivity contribution in [1.29, 1.82) is 0 Å². The number of carbonyl (C=O) groups excluding carboxylic acids is 1. The Bertz CT molecular complexity index is 480. The van der Waals surface area contributed by atoms with Crippen molar-refractivity contribution in [3.05, 3.63) is 29.3 Å². The lowest BCUT2D eigenvalue weighted by Crippen LogP contribution is -2.34. The van der Waals surface area contributed by atoms with Crippen molar-refractivity contribution < 1.29 is 4.79 Å². The highest BCUT2D eigenvalue weighted by atomic mass is 16.2. The molecular weight excluding hydrogens is 260 g/mol. The Labute approximate surface area is 128 Å². The van der Waals surface area contributed by atoms with Gasteiger partial charge in [-0.2, -0.15) is 0 Å². The highest BCUT2D eigenvalue weighted by Gasteiger charge is 2.28. The average Bonchev–Trinajstić information content (AvgIpc) is 2.91. The van der Waals surface area contributed by atoms with Crippen molar-refractivity contribution in [3.8, 4) is 0 Å². The minimum atomic E-state index is 0.167. The van der Waals surface area contributed by atoms with Gasteiger partial charge >= 0.3 is 0 Å². The zero-order valence-corrected chi connectivity index (χ0v) is 13.4. The van der Waals surface area contributed by atoms with E-state index in [0.29, 0.717) is 5.91 Å². The average molecular weight is 288 g/mol. The summed E-state index contributed by atoms with van der Waals surface area (Å²) in [6, 6.07) is 6.60. The first-order chi connectivity index (χ1) is 10.2. The Morgan fingerprint density at radius 3 is 2.71 bits per heavy atom. The molecule has 1 aliphatic rings. The Balaban J connectivity index is 2.08. The quantitative estimate of drug-likeness (QED) is 0.783. The van der Waals surface area contributed by atoms with E-state index >= 15 is 0 Å². The fourth-order valence-electron chi connectivity index (χ4n) is 3.17. The van der Waals surface area contributed by atoms with Crippen molar-refractivity contribution >= 4 is 11.6 Å². The van der Waals surface area contributed by atoms with E-state index in [0.717, 1.165) is 57.3 Å². The first kappa shape index (κ1) is 16.0. The summed E-state index contributed by atoms with van der Waals surface area (Å²) in [4.78, 5) is 14.6. The summed E-state index contributed by atoms with van der Waals surface area (Å²) in [5, 5.41) is 0. The van der Waals surface area contributed by atoms with Crippen LogP contribution in [0.1, 0.15) is 50.7 Å². The van der Waals surface area contributed by atoms with Gasteiger partial charge in [0, 0.05) is 18.2 Å². The molecule has 2 rings (SSSR count). The zero-order valence-electron chi connectivity index (χ0n) is 13.4. The van der Waals surface area contributed by atoms with E-state index in [9.17, 15) is 4.79 Å². The minimum Gasteiger partial charge on any atom is -0.330 e. The number of anilines is 1. The number of amides is 1. The fraction of sp³-hybridized carbons (Fsp3) is 0.611. The lowest BCUT2D eigenvalue weighted by Gasteiger charge is -2.22. The van der Waals surface area contributed by atoms with Crippen LogP contribution in [0.25, 0.3) is 0 Å². The Morgan fingerprint density at radius 2 is 2.05 bits per heavy atom. The first-order valence-corrected chi connectivity index (χ1v) is 8.34. The Kier molecular flexibility index (Phi) is 5.80. The lowest BCUT2D eigenvalue weighted by molar-refractivity contribution is -0.122. The zero-order chi connectivity index (χ0) is 15.2. The van der Waals surface area contributed by atoms with Crippen LogP contribution in [-0.2, 0) is 17.6 Å². The summed E-state index contributed by atoms with van der Waals surface area (Å²) in [6.07, 6.45) is 6.16. The molecule has 0 aromatic heterocycles. The third kappa shape index (κ3) is 3.65. The maximum Gasteiger partial charge on any atom is 0.230 e. The molecule has 1 aliphatic heterocycles. The number of hydrogen-bond acceptors (Lipinski definition) is 2. The number of aryl methyl sites for hydroxylation is 1. The molecule has 1 heterocycles. The van der Waals surface area contributed by atoms with Crippen LogP contribution in [0.2, 0.25) is 0 Å². The smallest absolute Gasteiger partial charge is 0.230 e. The molecule has 0 saturated heterocycles. The SMILES string of the molecule is CCC(CC)C(=O)N1CCc2cc(CCCCN)ccc21. The summed E-state index contributed by atoms with van der Waals surface area (Å²) in [7, 11) is 0. The second kappa shape index (κ2) is 7.60. The number of nitrogens with two attached hydrogens (primary N) is 1. The van der Waals surface area contributed by atoms with Crippen molar-refractivity contribution in [2.75, 3.05) is 18.0 Å². The summed E-state index contributed by atoms with van der Waals surface area (Å²) >= 11 is 0.